The van der Waals surface area contributed by atoms with Crippen LogP contribution in [0.4, 0.5) is 0 Å². The molecule has 0 saturated carbocycles. The Morgan fingerprint density at radius 1 is 1.05 bits per heavy atom. The standard InChI is InChI=1S/C19H18O3/c1-13(12-17(21)14-6-3-2-4-7-14)15-8-5-9-18-19(15)16(20)10-11-22-18/h2-11,13,17,21H,12H2,1H3. The summed E-state index contributed by atoms with van der Waals surface area (Å²) >= 11 is 0. The predicted octanol–water partition coefficient (Wildman–Crippen LogP) is 4.02. The van der Waals surface area contributed by atoms with Crippen molar-refractivity contribution in [1.82, 2.24) is 0 Å². The zero-order chi connectivity index (χ0) is 15.5. The van der Waals surface area contributed by atoms with E-state index in [9.17, 15) is 9.90 Å². The van der Waals surface area contributed by atoms with Crippen LogP contribution in [-0.4, -0.2) is 5.11 Å². The molecule has 3 heteroatoms. The Bertz CT molecular complexity index is 815. The lowest BCUT2D eigenvalue weighted by Gasteiger charge is -2.18. The van der Waals surface area contributed by atoms with Crippen molar-refractivity contribution in [1.29, 1.82) is 0 Å². The van der Waals surface area contributed by atoms with Crippen LogP contribution in [0.3, 0.4) is 0 Å². The Labute approximate surface area is 128 Å². The Morgan fingerprint density at radius 2 is 1.82 bits per heavy atom. The van der Waals surface area contributed by atoms with E-state index in [4.69, 9.17) is 4.42 Å². The molecule has 0 aliphatic carbocycles. The highest BCUT2D eigenvalue weighted by atomic mass is 16.3. The highest BCUT2D eigenvalue weighted by Gasteiger charge is 2.17. The van der Waals surface area contributed by atoms with Gasteiger partial charge < -0.3 is 9.52 Å². The Balaban J connectivity index is 1.93. The van der Waals surface area contributed by atoms with Crippen LogP contribution in [0.25, 0.3) is 11.0 Å². The molecule has 1 aromatic heterocycles. The summed E-state index contributed by atoms with van der Waals surface area (Å²) in [5.41, 5.74) is 2.35. The molecule has 3 aromatic rings. The summed E-state index contributed by atoms with van der Waals surface area (Å²) < 4.78 is 5.41. The van der Waals surface area contributed by atoms with E-state index < -0.39 is 6.10 Å². The summed E-state index contributed by atoms with van der Waals surface area (Å²) in [5.74, 6) is 0.0456. The fourth-order valence-electron chi connectivity index (χ4n) is 2.85. The predicted molar refractivity (Wildman–Crippen MR) is 86.9 cm³/mol. The van der Waals surface area contributed by atoms with Crippen molar-refractivity contribution >= 4 is 11.0 Å². The van der Waals surface area contributed by atoms with Gasteiger partial charge in [0.2, 0.25) is 0 Å². The van der Waals surface area contributed by atoms with Gasteiger partial charge >= 0.3 is 0 Å². The van der Waals surface area contributed by atoms with Crippen molar-refractivity contribution < 1.29 is 9.52 Å². The van der Waals surface area contributed by atoms with Crippen LogP contribution >= 0.6 is 0 Å². The molecule has 2 aromatic carbocycles. The maximum atomic E-state index is 12.1. The third-order valence-electron chi connectivity index (χ3n) is 4.01. The first-order valence-electron chi connectivity index (χ1n) is 7.40. The fraction of sp³-hybridized carbons (Fsp3) is 0.211. The van der Waals surface area contributed by atoms with Crippen molar-refractivity contribution in [3.8, 4) is 0 Å². The van der Waals surface area contributed by atoms with Gasteiger partial charge in [0.05, 0.1) is 17.8 Å². The molecule has 22 heavy (non-hydrogen) atoms. The summed E-state index contributed by atoms with van der Waals surface area (Å²) in [6, 6.07) is 16.6. The largest absolute Gasteiger partial charge is 0.464 e. The third-order valence-corrected chi connectivity index (χ3v) is 4.01. The van der Waals surface area contributed by atoms with Gasteiger partial charge in [0.15, 0.2) is 5.43 Å². The van der Waals surface area contributed by atoms with Gasteiger partial charge in [0, 0.05) is 6.07 Å². The van der Waals surface area contributed by atoms with Gasteiger partial charge in [-0.15, -0.1) is 0 Å². The molecule has 3 nitrogen and oxygen atoms in total. The Morgan fingerprint density at radius 3 is 2.59 bits per heavy atom. The molecular weight excluding hydrogens is 276 g/mol. The average Bonchev–Trinajstić information content (AvgIpc) is 2.55. The minimum atomic E-state index is -0.554. The smallest absolute Gasteiger partial charge is 0.192 e. The molecule has 0 aliphatic heterocycles. The average molecular weight is 294 g/mol. The molecular formula is C19H18O3. The van der Waals surface area contributed by atoms with E-state index >= 15 is 0 Å². The molecule has 1 N–H and O–H groups in total. The lowest BCUT2D eigenvalue weighted by molar-refractivity contribution is 0.160. The van der Waals surface area contributed by atoms with Crippen LogP contribution in [0.1, 0.15) is 36.5 Å². The van der Waals surface area contributed by atoms with E-state index in [1.807, 2.05) is 49.4 Å². The minimum Gasteiger partial charge on any atom is -0.464 e. The van der Waals surface area contributed by atoms with Gasteiger partial charge in [0.25, 0.3) is 0 Å². The van der Waals surface area contributed by atoms with Crippen LogP contribution in [0, 0.1) is 0 Å². The number of rotatable bonds is 4. The van der Waals surface area contributed by atoms with E-state index in [0.717, 1.165) is 11.1 Å². The third kappa shape index (κ3) is 2.81. The topological polar surface area (TPSA) is 50.4 Å². The monoisotopic (exact) mass is 294 g/mol. The van der Waals surface area contributed by atoms with Gasteiger partial charge in [-0.1, -0.05) is 49.4 Å². The summed E-state index contributed by atoms with van der Waals surface area (Å²) in [6.07, 6.45) is 1.41. The Hall–Kier alpha value is -2.39. The molecule has 1 heterocycles. The SMILES string of the molecule is CC(CC(O)c1ccccc1)c1cccc2occc(=O)c12. The van der Waals surface area contributed by atoms with Gasteiger partial charge in [-0.3, -0.25) is 4.79 Å². The molecule has 3 rings (SSSR count). The fourth-order valence-corrected chi connectivity index (χ4v) is 2.85. The number of hydrogen-bond acceptors (Lipinski definition) is 3. The van der Waals surface area contributed by atoms with Crippen LogP contribution < -0.4 is 5.43 Å². The molecule has 0 bridgehead atoms. The van der Waals surface area contributed by atoms with Gasteiger partial charge in [-0.2, -0.15) is 0 Å². The molecule has 0 saturated heterocycles. The van der Waals surface area contributed by atoms with Crippen LogP contribution in [-0.2, 0) is 0 Å². The molecule has 2 unspecified atom stereocenters. The number of fused-ring (bicyclic) bond motifs is 1. The molecule has 0 spiro atoms. The van der Waals surface area contributed by atoms with E-state index in [-0.39, 0.29) is 11.3 Å². The first-order valence-corrected chi connectivity index (χ1v) is 7.40. The van der Waals surface area contributed by atoms with Crippen molar-refractivity contribution in [3.05, 3.63) is 82.2 Å². The molecule has 0 fully saturated rings. The van der Waals surface area contributed by atoms with Crippen LogP contribution in [0.2, 0.25) is 0 Å². The summed E-state index contributed by atoms with van der Waals surface area (Å²) in [5, 5.41) is 11.0. The zero-order valence-electron chi connectivity index (χ0n) is 12.4. The first kappa shape index (κ1) is 14.5. The maximum Gasteiger partial charge on any atom is 0.192 e. The zero-order valence-corrected chi connectivity index (χ0v) is 12.4. The van der Waals surface area contributed by atoms with Crippen molar-refractivity contribution in [3.63, 3.8) is 0 Å². The van der Waals surface area contributed by atoms with Gasteiger partial charge in [-0.25, -0.2) is 0 Å². The second-order valence-electron chi connectivity index (χ2n) is 5.57. The minimum absolute atomic E-state index is 0.0436. The van der Waals surface area contributed by atoms with Crippen LogP contribution in [0.5, 0.6) is 0 Å². The normalized spacial score (nSPS) is 13.9. The van der Waals surface area contributed by atoms with Crippen molar-refractivity contribution in [2.24, 2.45) is 0 Å². The lowest BCUT2D eigenvalue weighted by Crippen LogP contribution is -2.08. The molecule has 0 aliphatic rings. The molecule has 112 valence electrons. The highest BCUT2D eigenvalue weighted by molar-refractivity contribution is 5.80. The van der Waals surface area contributed by atoms with Crippen molar-refractivity contribution in [2.45, 2.75) is 25.4 Å². The number of hydrogen-bond donors (Lipinski definition) is 1. The quantitative estimate of drug-likeness (QED) is 0.790. The number of aliphatic hydroxyl groups excluding tert-OH is 1. The summed E-state index contributed by atoms with van der Waals surface area (Å²) in [6.45, 7) is 2.02. The van der Waals surface area contributed by atoms with Gasteiger partial charge in [-0.05, 0) is 29.5 Å². The summed E-state index contributed by atoms with van der Waals surface area (Å²) in [7, 11) is 0. The molecule has 0 radical (unpaired) electrons. The molecule has 0 amide bonds. The summed E-state index contributed by atoms with van der Waals surface area (Å²) in [4.78, 5) is 12.1. The molecule has 2 atom stereocenters. The Kier molecular flexibility index (Phi) is 4.07. The maximum absolute atomic E-state index is 12.1. The second kappa shape index (κ2) is 6.16. The van der Waals surface area contributed by atoms with E-state index in [2.05, 4.69) is 0 Å². The van der Waals surface area contributed by atoms with E-state index in [1.54, 1.807) is 6.07 Å². The number of benzene rings is 2. The van der Waals surface area contributed by atoms with Crippen LogP contribution in [0.15, 0.2) is 70.1 Å². The number of aliphatic hydroxyl groups is 1. The van der Waals surface area contributed by atoms with E-state index in [1.165, 1.54) is 12.3 Å². The first-order chi connectivity index (χ1) is 10.7. The van der Waals surface area contributed by atoms with Crippen molar-refractivity contribution in [2.75, 3.05) is 0 Å². The highest BCUT2D eigenvalue weighted by Crippen LogP contribution is 2.30. The second-order valence-corrected chi connectivity index (χ2v) is 5.57. The van der Waals surface area contributed by atoms with Gasteiger partial charge in [0.1, 0.15) is 5.58 Å². The lowest BCUT2D eigenvalue weighted by atomic mass is 9.90. The van der Waals surface area contributed by atoms with E-state index in [0.29, 0.717) is 17.4 Å².